The van der Waals surface area contributed by atoms with E-state index >= 15 is 0 Å². The molecule has 2 rings (SSSR count). The van der Waals surface area contributed by atoms with Gasteiger partial charge in [0.2, 0.25) is 0 Å². The summed E-state index contributed by atoms with van der Waals surface area (Å²) >= 11 is 0. The summed E-state index contributed by atoms with van der Waals surface area (Å²) in [5.41, 5.74) is 5.70. The van der Waals surface area contributed by atoms with E-state index < -0.39 is 0 Å². The number of benzene rings is 2. The lowest BCUT2D eigenvalue weighted by Gasteiger charge is -2.19. The third-order valence-corrected chi connectivity index (χ3v) is 4.07. The Morgan fingerprint density at radius 1 is 0.950 bits per heavy atom. The summed E-state index contributed by atoms with van der Waals surface area (Å²) in [4.78, 5) is 0. The predicted octanol–water partition coefficient (Wildman–Crippen LogP) is 4.59. The molecule has 1 heteroatoms. The highest BCUT2D eigenvalue weighted by molar-refractivity contribution is 5.33. The lowest BCUT2D eigenvalue weighted by atomic mass is 9.95. The van der Waals surface area contributed by atoms with Crippen molar-refractivity contribution >= 4 is 0 Å². The minimum Gasteiger partial charge on any atom is -0.310 e. The van der Waals surface area contributed by atoms with Crippen LogP contribution in [0.1, 0.15) is 41.6 Å². The molecule has 0 bridgehead atoms. The molecule has 0 fully saturated rings. The maximum absolute atomic E-state index is 3.60. The fourth-order valence-corrected chi connectivity index (χ4v) is 2.70. The van der Waals surface area contributed by atoms with Crippen LogP contribution in [0, 0.1) is 13.8 Å². The molecule has 20 heavy (non-hydrogen) atoms. The average Bonchev–Trinajstić information content (AvgIpc) is 2.48. The van der Waals surface area contributed by atoms with Gasteiger partial charge in [0, 0.05) is 6.04 Å². The second kappa shape index (κ2) is 7.25. The van der Waals surface area contributed by atoms with Crippen LogP contribution in [0.15, 0.2) is 48.5 Å². The SMILES string of the molecule is CCNC(CCc1cccc(C)c1C)c1ccccc1. The van der Waals surface area contributed by atoms with E-state index in [0.717, 1.165) is 19.4 Å². The van der Waals surface area contributed by atoms with E-state index in [2.05, 4.69) is 74.6 Å². The molecule has 0 saturated heterocycles. The van der Waals surface area contributed by atoms with Gasteiger partial charge in [-0.3, -0.25) is 0 Å². The van der Waals surface area contributed by atoms with E-state index in [9.17, 15) is 0 Å². The largest absolute Gasteiger partial charge is 0.310 e. The van der Waals surface area contributed by atoms with Crippen LogP contribution >= 0.6 is 0 Å². The Balaban J connectivity index is 2.08. The van der Waals surface area contributed by atoms with Crippen molar-refractivity contribution in [3.05, 3.63) is 70.8 Å². The molecule has 0 aliphatic heterocycles. The Hall–Kier alpha value is -1.60. The Morgan fingerprint density at radius 3 is 2.40 bits per heavy atom. The van der Waals surface area contributed by atoms with Gasteiger partial charge in [0.1, 0.15) is 0 Å². The Bertz CT molecular complexity index is 531. The van der Waals surface area contributed by atoms with Crippen molar-refractivity contribution in [2.75, 3.05) is 6.54 Å². The van der Waals surface area contributed by atoms with Crippen LogP contribution in [0.2, 0.25) is 0 Å². The molecule has 2 aromatic rings. The van der Waals surface area contributed by atoms with E-state index in [1.54, 1.807) is 0 Å². The maximum Gasteiger partial charge on any atom is 0.0323 e. The standard InChI is InChI=1S/C19H25N/c1-4-20-19(18-10-6-5-7-11-18)14-13-17-12-8-9-15(2)16(17)3/h5-12,19-20H,4,13-14H2,1-3H3. The molecule has 0 heterocycles. The topological polar surface area (TPSA) is 12.0 Å². The predicted molar refractivity (Wildman–Crippen MR) is 87.1 cm³/mol. The van der Waals surface area contributed by atoms with E-state index in [1.807, 2.05) is 0 Å². The summed E-state index contributed by atoms with van der Waals surface area (Å²) in [5.74, 6) is 0. The van der Waals surface area contributed by atoms with Gasteiger partial charge in [0.05, 0.1) is 0 Å². The van der Waals surface area contributed by atoms with E-state index in [1.165, 1.54) is 22.3 Å². The van der Waals surface area contributed by atoms with Gasteiger partial charge in [-0.15, -0.1) is 0 Å². The van der Waals surface area contributed by atoms with Gasteiger partial charge in [0.25, 0.3) is 0 Å². The van der Waals surface area contributed by atoms with Crippen molar-refractivity contribution in [1.29, 1.82) is 0 Å². The Kier molecular flexibility index (Phi) is 5.37. The van der Waals surface area contributed by atoms with Crippen LogP contribution in [-0.2, 0) is 6.42 Å². The molecule has 106 valence electrons. The first-order valence-corrected chi connectivity index (χ1v) is 7.55. The molecule has 0 aromatic heterocycles. The first-order valence-electron chi connectivity index (χ1n) is 7.55. The lowest BCUT2D eigenvalue weighted by Crippen LogP contribution is -2.21. The highest BCUT2D eigenvalue weighted by Gasteiger charge is 2.10. The van der Waals surface area contributed by atoms with Gasteiger partial charge in [-0.1, -0.05) is 55.5 Å². The number of hydrogen-bond donors (Lipinski definition) is 1. The van der Waals surface area contributed by atoms with Crippen molar-refractivity contribution < 1.29 is 0 Å². The zero-order valence-electron chi connectivity index (χ0n) is 12.8. The molecule has 1 N–H and O–H groups in total. The zero-order valence-corrected chi connectivity index (χ0v) is 12.8. The van der Waals surface area contributed by atoms with Crippen LogP contribution in [0.4, 0.5) is 0 Å². The van der Waals surface area contributed by atoms with Crippen LogP contribution in [0.3, 0.4) is 0 Å². The van der Waals surface area contributed by atoms with E-state index in [0.29, 0.717) is 6.04 Å². The minimum atomic E-state index is 0.445. The highest BCUT2D eigenvalue weighted by atomic mass is 14.9. The van der Waals surface area contributed by atoms with E-state index in [4.69, 9.17) is 0 Å². The highest BCUT2D eigenvalue weighted by Crippen LogP contribution is 2.21. The average molecular weight is 267 g/mol. The van der Waals surface area contributed by atoms with Crippen LogP contribution < -0.4 is 5.32 Å². The fraction of sp³-hybridized carbons (Fsp3) is 0.368. The number of nitrogens with one attached hydrogen (secondary N) is 1. The van der Waals surface area contributed by atoms with Gasteiger partial charge in [-0.05, 0) is 55.5 Å². The minimum absolute atomic E-state index is 0.445. The van der Waals surface area contributed by atoms with Crippen molar-refractivity contribution in [2.24, 2.45) is 0 Å². The third-order valence-electron chi connectivity index (χ3n) is 4.07. The molecule has 0 saturated carbocycles. The second-order valence-corrected chi connectivity index (χ2v) is 5.42. The van der Waals surface area contributed by atoms with Gasteiger partial charge in [0.15, 0.2) is 0 Å². The van der Waals surface area contributed by atoms with Gasteiger partial charge < -0.3 is 5.32 Å². The summed E-state index contributed by atoms with van der Waals surface area (Å²) in [7, 11) is 0. The number of hydrogen-bond acceptors (Lipinski definition) is 1. The summed E-state index contributed by atoms with van der Waals surface area (Å²) in [6.07, 6.45) is 2.27. The molecule has 1 nitrogen and oxygen atoms in total. The molecule has 0 aliphatic carbocycles. The first-order chi connectivity index (χ1) is 9.72. The maximum atomic E-state index is 3.60. The number of rotatable bonds is 6. The molecule has 0 radical (unpaired) electrons. The van der Waals surface area contributed by atoms with Crippen molar-refractivity contribution in [1.82, 2.24) is 5.32 Å². The molecule has 1 atom stereocenters. The zero-order chi connectivity index (χ0) is 14.4. The summed E-state index contributed by atoms with van der Waals surface area (Å²) in [6.45, 7) is 7.60. The van der Waals surface area contributed by atoms with E-state index in [-0.39, 0.29) is 0 Å². The molecular formula is C19H25N. The third kappa shape index (κ3) is 3.71. The molecule has 1 unspecified atom stereocenters. The Labute approximate surface area is 123 Å². The first kappa shape index (κ1) is 14.8. The van der Waals surface area contributed by atoms with Crippen LogP contribution in [-0.4, -0.2) is 6.54 Å². The van der Waals surface area contributed by atoms with Crippen molar-refractivity contribution in [3.63, 3.8) is 0 Å². The van der Waals surface area contributed by atoms with Gasteiger partial charge >= 0.3 is 0 Å². The Morgan fingerprint density at radius 2 is 1.70 bits per heavy atom. The summed E-state index contributed by atoms with van der Waals surface area (Å²) in [5, 5.41) is 3.60. The molecule has 0 aliphatic rings. The van der Waals surface area contributed by atoms with Crippen molar-refractivity contribution in [3.8, 4) is 0 Å². The second-order valence-electron chi connectivity index (χ2n) is 5.42. The normalized spacial score (nSPS) is 12.3. The van der Waals surface area contributed by atoms with Crippen LogP contribution in [0.25, 0.3) is 0 Å². The molecule has 0 amide bonds. The van der Waals surface area contributed by atoms with Crippen molar-refractivity contribution in [2.45, 2.75) is 39.7 Å². The monoisotopic (exact) mass is 267 g/mol. The molecule has 2 aromatic carbocycles. The smallest absolute Gasteiger partial charge is 0.0323 e. The molecule has 0 spiro atoms. The van der Waals surface area contributed by atoms with Gasteiger partial charge in [-0.25, -0.2) is 0 Å². The molecular weight excluding hydrogens is 242 g/mol. The number of aryl methyl sites for hydroxylation is 2. The quantitative estimate of drug-likeness (QED) is 0.807. The lowest BCUT2D eigenvalue weighted by molar-refractivity contribution is 0.515. The van der Waals surface area contributed by atoms with Crippen LogP contribution in [0.5, 0.6) is 0 Å². The fourth-order valence-electron chi connectivity index (χ4n) is 2.70. The summed E-state index contributed by atoms with van der Waals surface area (Å²) in [6, 6.07) is 17.8. The summed E-state index contributed by atoms with van der Waals surface area (Å²) < 4.78 is 0. The van der Waals surface area contributed by atoms with Gasteiger partial charge in [-0.2, -0.15) is 0 Å².